The topological polar surface area (TPSA) is 55.8 Å². The molecular weight excluding hydrogens is 371 g/mol. The second kappa shape index (κ2) is 15.1. The maximum Gasteiger partial charge on any atom is 0.527 e. The van der Waals surface area contributed by atoms with Gasteiger partial charge in [0.2, 0.25) is 0 Å². The largest absolute Gasteiger partial charge is 0.527 e. The number of rotatable bonds is 17. The molecule has 0 aliphatic carbocycles. The molecule has 1 unspecified atom stereocenters. The minimum absolute atomic E-state index is 0.215. The quantitative estimate of drug-likeness (QED) is 0.208. The fourth-order valence-corrected chi connectivity index (χ4v) is 4.14. The zero-order chi connectivity index (χ0) is 20.7. The summed E-state index contributed by atoms with van der Waals surface area (Å²) < 4.78 is 22.6. The van der Waals surface area contributed by atoms with Gasteiger partial charge in [0, 0.05) is 0 Å². The Labute approximate surface area is 172 Å². The van der Waals surface area contributed by atoms with E-state index in [-0.39, 0.29) is 12.5 Å². The molecule has 5 heteroatoms. The summed E-state index contributed by atoms with van der Waals surface area (Å²) in [4.78, 5) is 9.96. The first kappa shape index (κ1) is 25.2. The van der Waals surface area contributed by atoms with Crippen LogP contribution in [0.1, 0.15) is 109 Å². The van der Waals surface area contributed by atoms with Crippen LogP contribution >= 0.6 is 7.82 Å². The van der Waals surface area contributed by atoms with Gasteiger partial charge in [-0.1, -0.05) is 110 Å². The van der Waals surface area contributed by atoms with Crippen LogP contribution in [-0.2, 0) is 9.09 Å². The van der Waals surface area contributed by atoms with E-state index in [1.165, 1.54) is 57.8 Å². The van der Waals surface area contributed by atoms with Gasteiger partial charge in [0.25, 0.3) is 0 Å². The van der Waals surface area contributed by atoms with E-state index in [1.54, 1.807) is 12.1 Å². The van der Waals surface area contributed by atoms with E-state index >= 15 is 0 Å². The first-order valence-corrected chi connectivity index (χ1v) is 12.7. The van der Waals surface area contributed by atoms with E-state index in [4.69, 9.17) is 9.05 Å². The summed E-state index contributed by atoms with van der Waals surface area (Å²) in [6, 6.07) is 7.32. The predicted octanol–water partition coefficient (Wildman–Crippen LogP) is 8.01. The van der Waals surface area contributed by atoms with Gasteiger partial charge < -0.3 is 4.52 Å². The highest BCUT2D eigenvalue weighted by atomic mass is 31.2. The van der Waals surface area contributed by atoms with E-state index in [0.717, 1.165) is 24.8 Å². The lowest BCUT2D eigenvalue weighted by molar-refractivity contribution is 0.198. The average molecular weight is 413 g/mol. The van der Waals surface area contributed by atoms with E-state index < -0.39 is 7.82 Å². The van der Waals surface area contributed by atoms with Crippen molar-refractivity contribution in [1.29, 1.82) is 0 Å². The Morgan fingerprint density at radius 3 is 1.89 bits per heavy atom. The van der Waals surface area contributed by atoms with Crippen LogP contribution in [0.25, 0.3) is 0 Å². The van der Waals surface area contributed by atoms with E-state index in [9.17, 15) is 9.46 Å². The molecule has 162 valence electrons. The van der Waals surface area contributed by atoms with Crippen molar-refractivity contribution in [3.8, 4) is 5.75 Å². The van der Waals surface area contributed by atoms with Crippen LogP contribution in [-0.4, -0.2) is 11.5 Å². The van der Waals surface area contributed by atoms with Gasteiger partial charge >= 0.3 is 7.82 Å². The van der Waals surface area contributed by atoms with Gasteiger partial charge in [0.15, 0.2) is 0 Å². The molecule has 1 aromatic rings. The Bertz CT molecular complexity index is 559. The highest BCUT2D eigenvalue weighted by molar-refractivity contribution is 7.47. The summed E-state index contributed by atoms with van der Waals surface area (Å²) in [6.07, 6.45) is 15.0. The molecule has 0 saturated heterocycles. The molecule has 1 N–H and O–H groups in total. The molecule has 0 saturated carbocycles. The van der Waals surface area contributed by atoms with Gasteiger partial charge in [-0.25, -0.2) is 4.57 Å². The van der Waals surface area contributed by atoms with E-state index in [2.05, 4.69) is 6.92 Å². The minimum Gasteiger partial charge on any atom is -0.404 e. The van der Waals surface area contributed by atoms with Gasteiger partial charge in [-0.2, -0.15) is 0 Å². The number of hydrogen-bond acceptors (Lipinski definition) is 3. The fourth-order valence-electron chi connectivity index (χ4n) is 3.31. The van der Waals surface area contributed by atoms with Gasteiger partial charge in [-0.3, -0.25) is 9.42 Å². The standard InChI is InChI=1S/C23H41O4P/c1-4-5-6-7-8-9-10-11-12-13-14-17-20-26-28(24,25)27-23-19-16-15-18-22(23)21(2)3/h15-16,18-19,21H,4-14,17,20H2,1-3H3,(H,24,25). The van der Waals surface area contributed by atoms with Gasteiger partial charge in [0.1, 0.15) is 5.75 Å². The number of hydrogen-bond donors (Lipinski definition) is 1. The van der Waals surface area contributed by atoms with Crippen molar-refractivity contribution < 1.29 is 18.5 Å². The molecule has 0 spiro atoms. The maximum absolute atomic E-state index is 12.2. The number of para-hydroxylation sites is 1. The molecule has 0 aliphatic rings. The minimum atomic E-state index is -4.06. The summed E-state index contributed by atoms with van der Waals surface area (Å²) >= 11 is 0. The van der Waals surface area contributed by atoms with E-state index in [0.29, 0.717) is 5.75 Å². The molecule has 28 heavy (non-hydrogen) atoms. The Morgan fingerprint density at radius 1 is 0.857 bits per heavy atom. The van der Waals surface area contributed by atoms with Crippen LogP contribution in [0.2, 0.25) is 0 Å². The SMILES string of the molecule is CCCCCCCCCCCCCCOP(=O)(O)Oc1ccccc1C(C)C. The average Bonchev–Trinajstić information content (AvgIpc) is 2.65. The van der Waals surface area contributed by atoms with E-state index in [1.807, 2.05) is 26.0 Å². The van der Waals surface area contributed by atoms with Crippen molar-refractivity contribution in [2.45, 2.75) is 104 Å². The van der Waals surface area contributed by atoms with Crippen LogP contribution in [0.5, 0.6) is 5.75 Å². The molecule has 1 rings (SSSR count). The van der Waals surface area contributed by atoms with Crippen molar-refractivity contribution in [1.82, 2.24) is 0 Å². The molecular formula is C23H41O4P. The molecule has 1 atom stereocenters. The number of phosphoric acid groups is 1. The maximum atomic E-state index is 12.2. The highest BCUT2D eigenvalue weighted by Crippen LogP contribution is 2.45. The van der Waals surface area contributed by atoms with Crippen molar-refractivity contribution >= 4 is 7.82 Å². The second-order valence-electron chi connectivity index (χ2n) is 7.97. The van der Waals surface area contributed by atoms with Crippen molar-refractivity contribution in [2.24, 2.45) is 0 Å². The molecule has 0 aliphatic heterocycles. The Balaban J connectivity index is 2.07. The first-order valence-electron chi connectivity index (χ1n) is 11.2. The lowest BCUT2D eigenvalue weighted by Gasteiger charge is -2.17. The second-order valence-corrected chi connectivity index (χ2v) is 9.35. The van der Waals surface area contributed by atoms with Crippen LogP contribution < -0.4 is 4.52 Å². The molecule has 0 radical (unpaired) electrons. The molecule has 0 heterocycles. The smallest absolute Gasteiger partial charge is 0.404 e. The molecule has 4 nitrogen and oxygen atoms in total. The summed E-state index contributed by atoms with van der Waals surface area (Å²) in [5, 5.41) is 0. The van der Waals surface area contributed by atoms with Gasteiger partial charge in [-0.15, -0.1) is 0 Å². The van der Waals surface area contributed by atoms with Crippen molar-refractivity contribution in [2.75, 3.05) is 6.61 Å². The van der Waals surface area contributed by atoms with Crippen LogP contribution in [0.15, 0.2) is 24.3 Å². The number of phosphoric ester groups is 1. The third kappa shape index (κ3) is 11.9. The third-order valence-electron chi connectivity index (χ3n) is 5.01. The van der Waals surface area contributed by atoms with Gasteiger partial charge in [0.05, 0.1) is 6.61 Å². The third-order valence-corrected chi connectivity index (χ3v) is 5.94. The summed E-state index contributed by atoms with van der Waals surface area (Å²) in [6.45, 7) is 6.56. The lowest BCUT2D eigenvalue weighted by atomic mass is 10.0. The predicted molar refractivity (Wildman–Crippen MR) is 118 cm³/mol. The Hall–Kier alpha value is -0.830. The highest BCUT2D eigenvalue weighted by Gasteiger charge is 2.24. The van der Waals surface area contributed by atoms with Crippen molar-refractivity contribution in [3.05, 3.63) is 29.8 Å². The van der Waals surface area contributed by atoms with Crippen LogP contribution in [0.3, 0.4) is 0 Å². The lowest BCUT2D eigenvalue weighted by Crippen LogP contribution is -2.02. The molecule has 0 bridgehead atoms. The zero-order valence-corrected chi connectivity index (χ0v) is 19.1. The fraction of sp³-hybridized carbons (Fsp3) is 0.739. The summed E-state index contributed by atoms with van der Waals surface area (Å²) in [5.41, 5.74) is 0.908. The van der Waals surface area contributed by atoms with Crippen molar-refractivity contribution in [3.63, 3.8) is 0 Å². The monoisotopic (exact) mass is 412 g/mol. The molecule has 0 fully saturated rings. The Kier molecular flexibility index (Phi) is 13.6. The van der Waals surface area contributed by atoms with Crippen LogP contribution in [0.4, 0.5) is 0 Å². The summed E-state index contributed by atoms with van der Waals surface area (Å²) in [5.74, 6) is 0.644. The molecule has 1 aromatic carbocycles. The number of unbranched alkanes of at least 4 members (excludes halogenated alkanes) is 11. The van der Waals surface area contributed by atoms with Crippen LogP contribution in [0, 0.1) is 0 Å². The Morgan fingerprint density at radius 2 is 1.36 bits per heavy atom. The number of benzene rings is 1. The zero-order valence-electron chi connectivity index (χ0n) is 18.2. The van der Waals surface area contributed by atoms with Gasteiger partial charge in [-0.05, 0) is 24.0 Å². The first-order chi connectivity index (χ1) is 13.5. The molecule has 0 aromatic heterocycles. The normalized spacial score (nSPS) is 13.6. The molecule has 0 amide bonds. The summed E-state index contributed by atoms with van der Waals surface area (Å²) in [7, 11) is -4.06.